The zero-order chi connectivity index (χ0) is 26.9. The Morgan fingerprint density at radius 2 is 1.85 bits per heavy atom. The lowest BCUT2D eigenvalue weighted by Crippen LogP contribution is -2.40. The summed E-state index contributed by atoms with van der Waals surface area (Å²) in [6, 6.07) is 21.5. The third-order valence-corrected chi connectivity index (χ3v) is 7.48. The van der Waals surface area contributed by atoms with Gasteiger partial charge in [0.05, 0.1) is 29.5 Å². The zero-order valence-electron chi connectivity index (χ0n) is 21.2. The molecule has 0 spiro atoms. The molecular formula is C30H24N2O6S. The molecule has 2 aliphatic rings. The molecule has 2 aliphatic heterocycles. The van der Waals surface area contributed by atoms with E-state index in [-0.39, 0.29) is 24.5 Å². The fraction of sp³-hybridized carbons (Fsp3) is 0.167. The second-order valence-electron chi connectivity index (χ2n) is 8.79. The Labute approximate surface area is 227 Å². The molecule has 0 fully saturated rings. The van der Waals surface area contributed by atoms with E-state index in [0.29, 0.717) is 37.8 Å². The molecule has 0 saturated carbocycles. The molecule has 8 nitrogen and oxygen atoms in total. The zero-order valence-corrected chi connectivity index (χ0v) is 22.1. The number of carbonyl (C=O) groups is 1. The summed E-state index contributed by atoms with van der Waals surface area (Å²) in [5.74, 6) is 1.29. The normalized spacial score (nSPS) is 16.1. The number of rotatable bonds is 6. The van der Waals surface area contributed by atoms with Gasteiger partial charge < -0.3 is 18.9 Å². The first-order valence-corrected chi connectivity index (χ1v) is 13.2. The first-order chi connectivity index (χ1) is 19.1. The molecule has 0 bridgehead atoms. The number of thiazole rings is 1. The third-order valence-electron chi connectivity index (χ3n) is 6.50. The number of carbonyl (C=O) groups excluding carboxylic acids is 1. The average Bonchev–Trinajstić information content (AvgIpc) is 3.56. The molecule has 3 heterocycles. The van der Waals surface area contributed by atoms with Gasteiger partial charge in [0, 0.05) is 11.1 Å². The molecule has 1 aromatic heterocycles. The second kappa shape index (κ2) is 10.3. The number of hydrogen-bond donors (Lipinski definition) is 0. The number of benzene rings is 3. The average molecular weight is 541 g/mol. The fourth-order valence-electron chi connectivity index (χ4n) is 4.78. The molecule has 0 aliphatic carbocycles. The van der Waals surface area contributed by atoms with E-state index in [1.54, 1.807) is 24.7 Å². The summed E-state index contributed by atoms with van der Waals surface area (Å²) in [5.41, 5.74) is 2.64. The van der Waals surface area contributed by atoms with Crippen LogP contribution < -0.4 is 29.1 Å². The van der Waals surface area contributed by atoms with E-state index in [1.807, 2.05) is 72.8 Å². The van der Waals surface area contributed by atoms with Crippen LogP contribution >= 0.6 is 11.3 Å². The van der Waals surface area contributed by atoms with Crippen LogP contribution in [0.4, 0.5) is 0 Å². The minimum atomic E-state index is -0.814. The fourth-order valence-corrected chi connectivity index (χ4v) is 5.78. The number of fused-ring (bicyclic) bond motifs is 2. The van der Waals surface area contributed by atoms with Crippen molar-refractivity contribution < 1.29 is 23.7 Å². The highest BCUT2D eigenvalue weighted by atomic mass is 32.1. The maximum absolute atomic E-state index is 14.0. The van der Waals surface area contributed by atoms with Crippen molar-refractivity contribution in [3.05, 3.63) is 115 Å². The molecule has 0 unspecified atom stereocenters. The minimum absolute atomic E-state index is 0.165. The monoisotopic (exact) mass is 540 g/mol. The number of para-hydroxylation sites is 1. The summed E-state index contributed by atoms with van der Waals surface area (Å²) in [6.45, 7) is 2.09. The van der Waals surface area contributed by atoms with Crippen molar-refractivity contribution in [3.63, 3.8) is 0 Å². The maximum Gasteiger partial charge on any atom is 0.338 e. The molecule has 0 radical (unpaired) electrons. The third kappa shape index (κ3) is 4.40. The first-order valence-electron chi connectivity index (χ1n) is 12.4. The van der Waals surface area contributed by atoms with Crippen molar-refractivity contribution >= 4 is 29.1 Å². The van der Waals surface area contributed by atoms with Crippen LogP contribution in [0.15, 0.2) is 88.2 Å². The molecule has 6 rings (SSSR count). The van der Waals surface area contributed by atoms with Crippen LogP contribution in [0, 0.1) is 0 Å². The second-order valence-corrected chi connectivity index (χ2v) is 9.80. The summed E-state index contributed by atoms with van der Waals surface area (Å²) in [4.78, 5) is 32.9. The van der Waals surface area contributed by atoms with Gasteiger partial charge in [0.1, 0.15) is 11.8 Å². The summed E-state index contributed by atoms with van der Waals surface area (Å²) in [5, 5.41) is 0. The highest BCUT2D eigenvalue weighted by molar-refractivity contribution is 7.07. The minimum Gasteiger partial charge on any atom is -0.496 e. The van der Waals surface area contributed by atoms with Crippen LogP contribution in [0.5, 0.6) is 17.2 Å². The van der Waals surface area contributed by atoms with Crippen LogP contribution in [0.2, 0.25) is 0 Å². The standard InChI is InChI=1S/C30H24N2O6S/c1-3-36-29(34)25-26(19-9-5-4-6-10-19)31-30-32(27(25)20-11-7-8-12-21(20)35-2)28(33)24(39-30)16-18-13-14-22-23(15-18)38-17-37-22/h4-16,27H,3,17H2,1-2H3/b24-16-/t27-/m0/s1. The van der Waals surface area contributed by atoms with E-state index < -0.39 is 12.0 Å². The van der Waals surface area contributed by atoms with Crippen molar-refractivity contribution in [1.82, 2.24) is 4.57 Å². The lowest BCUT2D eigenvalue weighted by atomic mass is 9.92. The summed E-state index contributed by atoms with van der Waals surface area (Å²) in [6.07, 6.45) is 1.79. The van der Waals surface area contributed by atoms with Gasteiger partial charge in [-0.2, -0.15) is 0 Å². The van der Waals surface area contributed by atoms with E-state index in [2.05, 4.69) is 0 Å². The van der Waals surface area contributed by atoms with E-state index in [0.717, 1.165) is 11.1 Å². The van der Waals surface area contributed by atoms with E-state index in [9.17, 15) is 9.59 Å². The van der Waals surface area contributed by atoms with E-state index in [1.165, 1.54) is 11.3 Å². The lowest BCUT2D eigenvalue weighted by Gasteiger charge is -2.27. The van der Waals surface area contributed by atoms with Crippen molar-refractivity contribution in [2.75, 3.05) is 20.5 Å². The molecular weight excluding hydrogens is 516 g/mol. The van der Waals surface area contributed by atoms with Gasteiger partial charge in [0.2, 0.25) is 6.79 Å². The Morgan fingerprint density at radius 3 is 2.64 bits per heavy atom. The smallest absolute Gasteiger partial charge is 0.338 e. The van der Waals surface area contributed by atoms with Crippen LogP contribution in [0.1, 0.15) is 29.7 Å². The van der Waals surface area contributed by atoms with Crippen LogP contribution in [-0.2, 0) is 9.53 Å². The molecule has 0 N–H and O–H groups in total. The van der Waals surface area contributed by atoms with Gasteiger partial charge in [-0.25, -0.2) is 9.79 Å². The van der Waals surface area contributed by atoms with Gasteiger partial charge in [-0.05, 0) is 36.8 Å². The molecule has 39 heavy (non-hydrogen) atoms. The SMILES string of the molecule is CCOC(=O)C1=C(c2ccccc2)N=c2s/c(=C\c3ccc4c(c3)OCO4)c(=O)n2[C@H]1c1ccccc1OC. The van der Waals surface area contributed by atoms with Gasteiger partial charge in [0.15, 0.2) is 16.3 Å². The maximum atomic E-state index is 14.0. The predicted molar refractivity (Wildman–Crippen MR) is 147 cm³/mol. The van der Waals surface area contributed by atoms with Crippen molar-refractivity contribution in [2.45, 2.75) is 13.0 Å². The molecule has 3 aromatic carbocycles. The summed E-state index contributed by atoms with van der Waals surface area (Å²) >= 11 is 1.26. The summed E-state index contributed by atoms with van der Waals surface area (Å²) < 4.78 is 24.1. The molecule has 0 amide bonds. The highest BCUT2D eigenvalue weighted by Gasteiger charge is 2.36. The highest BCUT2D eigenvalue weighted by Crippen LogP contribution is 2.38. The van der Waals surface area contributed by atoms with Crippen LogP contribution in [0.25, 0.3) is 11.8 Å². The van der Waals surface area contributed by atoms with Gasteiger partial charge >= 0.3 is 5.97 Å². The van der Waals surface area contributed by atoms with E-state index in [4.69, 9.17) is 23.9 Å². The lowest BCUT2D eigenvalue weighted by molar-refractivity contribution is -0.138. The van der Waals surface area contributed by atoms with Gasteiger partial charge in [-0.3, -0.25) is 9.36 Å². The molecule has 9 heteroatoms. The van der Waals surface area contributed by atoms with Crippen molar-refractivity contribution in [1.29, 1.82) is 0 Å². The topological polar surface area (TPSA) is 88.4 Å². The number of aromatic nitrogens is 1. The number of hydrogen-bond acceptors (Lipinski definition) is 8. The first kappa shape index (κ1) is 24.7. The van der Waals surface area contributed by atoms with Crippen molar-refractivity contribution in [2.24, 2.45) is 4.99 Å². The van der Waals surface area contributed by atoms with Crippen LogP contribution in [0.3, 0.4) is 0 Å². The predicted octanol–water partition coefficient (Wildman–Crippen LogP) is 3.67. The number of ether oxygens (including phenoxy) is 4. The number of methoxy groups -OCH3 is 1. The van der Waals surface area contributed by atoms with Gasteiger partial charge in [0.25, 0.3) is 5.56 Å². The quantitative estimate of drug-likeness (QED) is 0.347. The molecule has 1 atom stereocenters. The molecule has 196 valence electrons. The molecule has 0 saturated heterocycles. The van der Waals surface area contributed by atoms with Gasteiger partial charge in [-0.1, -0.05) is 65.9 Å². The Hall–Kier alpha value is -4.63. The number of esters is 1. The summed E-state index contributed by atoms with van der Waals surface area (Å²) in [7, 11) is 1.56. The Balaban J connectivity index is 1.64. The van der Waals surface area contributed by atoms with Gasteiger partial charge in [-0.15, -0.1) is 0 Å². The Kier molecular flexibility index (Phi) is 6.50. The Bertz CT molecular complexity index is 1790. The van der Waals surface area contributed by atoms with Crippen LogP contribution in [-0.4, -0.2) is 31.0 Å². The molecule has 4 aromatic rings. The number of nitrogens with zero attached hydrogens (tertiary/aromatic N) is 2. The largest absolute Gasteiger partial charge is 0.496 e. The Morgan fingerprint density at radius 1 is 1.08 bits per heavy atom. The van der Waals surface area contributed by atoms with Crippen molar-refractivity contribution in [3.8, 4) is 17.2 Å². The van der Waals surface area contributed by atoms with E-state index >= 15 is 0 Å².